The monoisotopic (exact) mass is 334 g/mol. The molecule has 0 saturated carbocycles. The quantitative estimate of drug-likeness (QED) is 0.513. The van der Waals surface area contributed by atoms with Crippen LogP contribution in [-0.2, 0) is 4.74 Å². The molecule has 3 N–H and O–H groups in total. The van der Waals surface area contributed by atoms with Gasteiger partial charge in [0.2, 0.25) is 0 Å². The molecule has 124 valence electrons. The van der Waals surface area contributed by atoms with Gasteiger partial charge in [-0.15, -0.1) is 11.3 Å². The van der Waals surface area contributed by atoms with Crippen molar-refractivity contribution in [3.63, 3.8) is 0 Å². The van der Waals surface area contributed by atoms with Gasteiger partial charge in [-0.25, -0.2) is 4.79 Å². The van der Waals surface area contributed by atoms with E-state index in [1.165, 1.54) is 11.3 Å². The molecule has 1 aromatic carbocycles. The summed E-state index contributed by atoms with van der Waals surface area (Å²) in [6.45, 7) is 7.12. The van der Waals surface area contributed by atoms with E-state index in [0.29, 0.717) is 19.8 Å². The predicted molar refractivity (Wildman–Crippen MR) is 93.8 cm³/mol. The van der Waals surface area contributed by atoms with E-state index in [4.69, 9.17) is 4.74 Å². The largest absolute Gasteiger partial charge is 0.386 e. The molecule has 0 aliphatic carbocycles. The van der Waals surface area contributed by atoms with Crippen molar-refractivity contribution in [2.24, 2.45) is 0 Å². The molecule has 6 heteroatoms. The van der Waals surface area contributed by atoms with Gasteiger partial charge >= 0.3 is 6.03 Å². The van der Waals surface area contributed by atoms with Crippen LogP contribution in [0.25, 0.3) is 10.1 Å². The maximum absolute atomic E-state index is 11.6. The van der Waals surface area contributed by atoms with Crippen LogP contribution < -0.4 is 10.6 Å². The van der Waals surface area contributed by atoms with Crippen LogP contribution in [0.2, 0.25) is 0 Å². The zero-order chi connectivity index (χ0) is 16.7. The van der Waals surface area contributed by atoms with Gasteiger partial charge < -0.3 is 20.5 Å². The average Bonchev–Trinajstić information content (AvgIpc) is 2.96. The minimum Gasteiger partial charge on any atom is -0.386 e. The van der Waals surface area contributed by atoms with E-state index in [9.17, 15) is 9.90 Å². The summed E-state index contributed by atoms with van der Waals surface area (Å²) in [6, 6.07) is 9.59. The van der Waals surface area contributed by atoms with Gasteiger partial charge in [0.25, 0.3) is 0 Å². The van der Waals surface area contributed by atoms with E-state index in [1.54, 1.807) is 0 Å². The highest BCUT2D eigenvalue weighted by Crippen LogP contribution is 2.29. The van der Waals surface area contributed by atoms with E-state index >= 15 is 0 Å². The Balaban J connectivity index is 1.70. The third-order valence-corrected chi connectivity index (χ3v) is 4.33. The van der Waals surface area contributed by atoms with Crippen molar-refractivity contribution in [1.82, 2.24) is 10.6 Å². The second-order valence-electron chi connectivity index (χ2n) is 5.35. The predicted octanol–water partition coefficient (Wildman–Crippen LogP) is 2.83. The van der Waals surface area contributed by atoms with Crippen molar-refractivity contribution >= 4 is 27.5 Å². The Morgan fingerprint density at radius 3 is 2.91 bits per heavy atom. The maximum Gasteiger partial charge on any atom is 0.314 e. The third-order valence-electron chi connectivity index (χ3n) is 3.11. The lowest BCUT2D eigenvalue weighted by Gasteiger charge is -2.11. The minimum absolute atomic E-state index is 0.172. The lowest BCUT2D eigenvalue weighted by Crippen LogP contribution is -2.39. The Hall–Kier alpha value is -1.89. The zero-order valence-electron chi connectivity index (χ0n) is 13.2. The van der Waals surface area contributed by atoms with Crippen molar-refractivity contribution < 1.29 is 14.6 Å². The lowest BCUT2D eigenvalue weighted by molar-refractivity contribution is 0.156. The maximum atomic E-state index is 11.6. The number of carbonyl (C=O) groups excluding carboxylic acids is 1. The first-order valence-electron chi connectivity index (χ1n) is 7.46. The summed E-state index contributed by atoms with van der Waals surface area (Å²) in [5, 5.41) is 16.6. The van der Waals surface area contributed by atoms with Crippen LogP contribution in [-0.4, -0.2) is 37.4 Å². The van der Waals surface area contributed by atoms with Crippen molar-refractivity contribution in [2.75, 3.05) is 26.3 Å². The van der Waals surface area contributed by atoms with Crippen molar-refractivity contribution in [3.05, 3.63) is 47.4 Å². The van der Waals surface area contributed by atoms with Gasteiger partial charge in [0.1, 0.15) is 6.10 Å². The molecule has 0 bridgehead atoms. The summed E-state index contributed by atoms with van der Waals surface area (Å²) in [7, 11) is 0. The first-order chi connectivity index (χ1) is 11.1. The van der Waals surface area contributed by atoms with Gasteiger partial charge in [-0.3, -0.25) is 0 Å². The first kappa shape index (κ1) is 17.5. The van der Waals surface area contributed by atoms with Gasteiger partial charge in [-0.1, -0.05) is 30.4 Å². The van der Waals surface area contributed by atoms with Gasteiger partial charge in [0, 0.05) is 16.1 Å². The number of fused-ring (bicyclic) bond motifs is 1. The van der Waals surface area contributed by atoms with Crippen LogP contribution in [0.3, 0.4) is 0 Å². The van der Waals surface area contributed by atoms with Gasteiger partial charge in [0.15, 0.2) is 0 Å². The van der Waals surface area contributed by atoms with Crippen molar-refractivity contribution in [3.8, 4) is 0 Å². The average molecular weight is 334 g/mol. The standard InChI is InChI=1S/C17H22N2O3S/c1-12(2)11-22-8-7-18-17(21)19-10-14(20)16-9-13-5-3-4-6-15(13)23-16/h3-6,9,14,20H,1,7-8,10-11H2,2H3,(H2,18,19,21). The molecular weight excluding hydrogens is 312 g/mol. The molecule has 5 nitrogen and oxygen atoms in total. The molecule has 2 rings (SSSR count). The summed E-state index contributed by atoms with van der Waals surface area (Å²) in [5.74, 6) is 0. The SMILES string of the molecule is C=C(C)COCCNC(=O)NCC(O)c1cc2ccccc2s1. The second kappa shape index (κ2) is 8.67. The molecule has 1 atom stereocenters. The lowest BCUT2D eigenvalue weighted by atomic mass is 10.2. The topological polar surface area (TPSA) is 70.6 Å². The fraction of sp³-hybridized carbons (Fsp3) is 0.353. The second-order valence-corrected chi connectivity index (χ2v) is 6.46. The summed E-state index contributed by atoms with van der Waals surface area (Å²) in [5.41, 5.74) is 0.945. The van der Waals surface area contributed by atoms with Gasteiger partial charge in [0.05, 0.1) is 19.8 Å². The number of benzene rings is 1. The molecular formula is C17H22N2O3S. The number of urea groups is 1. The number of hydrogen-bond acceptors (Lipinski definition) is 4. The fourth-order valence-corrected chi connectivity index (χ4v) is 3.05. The van der Waals surface area contributed by atoms with E-state index in [2.05, 4.69) is 17.2 Å². The molecule has 1 unspecified atom stereocenters. The smallest absolute Gasteiger partial charge is 0.314 e. The molecule has 0 fully saturated rings. The van der Waals surface area contributed by atoms with Crippen LogP contribution in [0.4, 0.5) is 4.79 Å². The summed E-state index contributed by atoms with van der Waals surface area (Å²) in [6.07, 6.45) is -0.710. The highest BCUT2D eigenvalue weighted by molar-refractivity contribution is 7.19. The Morgan fingerprint density at radius 1 is 1.39 bits per heavy atom. The molecule has 0 radical (unpaired) electrons. The van der Waals surface area contributed by atoms with Crippen molar-refractivity contribution in [2.45, 2.75) is 13.0 Å². The van der Waals surface area contributed by atoms with Crippen LogP contribution in [0.1, 0.15) is 17.9 Å². The molecule has 0 saturated heterocycles. The number of carbonyl (C=O) groups is 1. The van der Waals surface area contributed by atoms with E-state index in [-0.39, 0.29) is 12.6 Å². The summed E-state index contributed by atoms with van der Waals surface area (Å²) in [4.78, 5) is 12.5. The molecule has 2 amide bonds. The van der Waals surface area contributed by atoms with Crippen LogP contribution >= 0.6 is 11.3 Å². The Morgan fingerprint density at radius 2 is 2.17 bits per heavy atom. The molecule has 0 aliphatic heterocycles. The van der Waals surface area contributed by atoms with Crippen LogP contribution in [0.15, 0.2) is 42.5 Å². The Kier molecular flexibility index (Phi) is 6.58. The van der Waals surface area contributed by atoms with E-state index in [0.717, 1.165) is 20.5 Å². The number of amides is 2. The van der Waals surface area contributed by atoms with Crippen LogP contribution in [0, 0.1) is 0 Å². The molecule has 23 heavy (non-hydrogen) atoms. The highest BCUT2D eigenvalue weighted by atomic mass is 32.1. The molecule has 0 aliphatic rings. The third kappa shape index (κ3) is 5.67. The van der Waals surface area contributed by atoms with E-state index in [1.807, 2.05) is 37.3 Å². The summed E-state index contributed by atoms with van der Waals surface area (Å²) >= 11 is 1.53. The number of aliphatic hydroxyl groups excluding tert-OH is 1. The zero-order valence-corrected chi connectivity index (χ0v) is 14.0. The Labute approximate surface area is 140 Å². The number of rotatable bonds is 8. The molecule has 1 aromatic heterocycles. The number of aliphatic hydroxyl groups is 1. The normalized spacial score (nSPS) is 12.1. The molecule has 0 spiro atoms. The summed E-state index contributed by atoms with van der Waals surface area (Å²) < 4.78 is 6.41. The fourth-order valence-electron chi connectivity index (χ4n) is 2.00. The van der Waals surface area contributed by atoms with Crippen LogP contribution in [0.5, 0.6) is 0 Å². The number of thiophene rings is 1. The Bertz CT molecular complexity index is 636. The van der Waals surface area contributed by atoms with Gasteiger partial charge in [-0.2, -0.15) is 0 Å². The molecule has 1 heterocycles. The van der Waals surface area contributed by atoms with E-state index < -0.39 is 6.10 Å². The van der Waals surface area contributed by atoms with Gasteiger partial charge in [-0.05, 0) is 24.4 Å². The number of ether oxygens (including phenoxy) is 1. The molecule has 2 aromatic rings. The minimum atomic E-state index is -0.710. The van der Waals surface area contributed by atoms with Crippen molar-refractivity contribution in [1.29, 1.82) is 0 Å². The first-order valence-corrected chi connectivity index (χ1v) is 8.28. The number of hydrogen-bond donors (Lipinski definition) is 3. The highest BCUT2D eigenvalue weighted by Gasteiger charge is 2.12. The number of nitrogens with one attached hydrogen (secondary N) is 2.